The Morgan fingerprint density at radius 2 is 1.88 bits per heavy atom. The van der Waals surface area contributed by atoms with Gasteiger partial charge >= 0.3 is 5.69 Å². The maximum Gasteiger partial charge on any atom is 0.332 e. The summed E-state index contributed by atoms with van der Waals surface area (Å²) in [6.45, 7) is 0.0838. The number of Topliss-reactive ketones (excluding diaryl/α,β-unsaturated/α-hetero) is 1. The summed E-state index contributed by atoms with van der Waals surface area (Å²) in [4.78, 5) is 38.3. The van der Waals surface area contributed by atoms with E-state index in [4.69, 9.17) is 5.73 Å². The largest absolute Gasteiger partial charge is 0.384 e. The molecule has 2 heterocycles. The molecular weight excluding hydrogens is 346 g/mol. The van der Waals surface area contributed by atoms with E-state index in [2.05, 4.69) is 0 Å². The molecule has 1 aliphatic heterocycles. The Morgan fingerprint density at radius 3 is 2.58 bits per heavy atom. The number of ketones is 1. The van der Waals surface area contributed by atoms with Gasteiger partial charge in [-0.25, -0.2) is 13.6 Å². The first-order valence-corrected chi connectivity index (χ1v) is 8.04. The number of benzene rings is 1. The minimum Gasteiger partial charge on any atom is -0.384 e. The lowest BCUT2D eigenvalue weighted by molar-refractivity contribution is 0.0996. The van der Waals surface area contributed by atoms with Crippen LogP contribution < -0.4 is 21.9 Å². The molecule has 0 bridgehead atoms. The van der Waals surface area contributed by atoms with E-state index in [0.717, 1.165) is 15.2 Å². The molecule has 0 amide bonds. The molecule has 2 N–H and O–H groups in total. The third-order valence-electron chi connectivity index (χ3n) is 4.62. The van der Waals surface area contributed by atoms with Gasteiger partial charge in [0, 0.05) is 26.7 Å². The molecule has 1 aliphatic rings. The molecule has 1 aromatic heterocycles. The fourth-order valence-corrected chi connectivity index (χ4v) is 3.27. The standard InChI is InChI=1S/C17H18F2N4O3/c1-21-15(20)13(16(25)22(2)17(21)26)12(24)8-23-5-3-4-9-6-10(18)7-11(19)14(9)23/h6-7H,3-5,8,20H2,1-2H3. The van der Waals surface area contributed by atoms with Crippen LogP contribution in [0.2, 0.25) is 0 Å². The van der Waals surface area contributed by atoms with Crippen LogP contribution in [0.15, 0.2) is 21.7 Å². The van der Waals surface area contributed by atoms with Crippen LogP contribution in [-0.4, -0.2) is 28.0 Å². The molecule has 7 nitrogen and oxygen atoms in total. The Balaban J connectivity index is 2.02. The summed E-state index contributed by atoms with van der Waals surface area (Å²) in [5, 5.41) is 0. The highest BCUT2D eigenvalue weighted by molar-refractivity contribution is 6.02. The Morgan fingerprint density at radius 1 is 1.19 bits per heavy atom. The van der Waals surface area contributed by atoms with Crippen molar-refractivity contribution in [3.8, 4) is 0 Å². The van der Waals surface area contributed by atoms with Crippen molar-refractivity contribution in [1.29, 1.82) is 0 Å². The highest BCUT2D eigenvalue weighted by Crippen LogP contribution is 2.31. The van der Waals surface area contributed by atoms with Gasteiger partial charge in [0.1, 0.15) is 23.0 Å². The number of aromatic nitrogens is 2. The van der Waals surface area contributed by atoms with Crippen LogP contribution in [0.1, 0.15) is 22.3 Å². The summed E-state index contributed by atoms with van der Waals surface area (Å²) < 4.78 is 29.5. The average Bonchev–Trinajstić information content (AvgIpc) is 2.58. The van der Waals surface area contributed by atoms with Crippen molar-refractivity contribution in [3.05, 3.63) is 55.7 Å². The van der Waals surface area contributed by atoms with E-state index in [0.29, 0.717) is 24.9 Å². The van der Waals surface area contributed by atoms with Gasteiger partial charge in [0.05, 0.1) is 12.2 Å². The zero-order valence-electron chi connectivity index (χ0n) is 14.4. The lowest BCUT2D eigenvalue weighted by Gasteiger charge is -2.31. The second-order valence-corrected chi connectivity index (χ2v) is 6.31. The van der Waals surface area contributed by atoms with E-state index in [1.165, 1.54) is 25.1 Å². The van der Waals surface area contributed by atoms with Crippen molar-refractivity contribution in [1.82, 2.24) is 9.13 Å². The fourth-order valence-electron chi connectivity index (χ4n) is 3.27. The SMILES string of the molecule is Cn1c(N)c(C(=O)CN2CCCc3cc(F)cc(F)c32)c(=O)n(C)c1=O. The van der Waals surface area contributed by atoms with Gasteiger partial charge in [-0.3, -0.25) is 18.7 Å². The Kier molecular flexibility index (Phi) is 4.39. The molecule has 9 heteroatoms. The van der Waals surface area contributed by atoms with Crippen molar-refractivity contribution in [2.24, 2.45) is 14.1 Å². The molecular formula is C17H18F2N4O3. The van der Waals surface area contributed by atoms with Gasteiger partial charge in [-0.05, 0) is 24.5 Å². The van der Waals surface area contributed by atoms with Crippen LogP contribution in [-0.2, 0) is 20.5 Å². The number of hydrogen-bond acceptors (Lipinski definition) is 5. The lowest BCUT2D eigenvalue weighted by atomic mass is 10.00. The van der Waals surface area contributed by atoms with Crippen LogP contribution in [0, 0.1) is 11.6 Å². The Bertz CT molecular complexity index is 1030. The van der Waals surface area contributed by atoms with Crippen molar-refractivity contribution in [3.63, 3.8) is 0 Å². The number of hydrogen-bond donors (Lipinski definition) is 1. The number of carbonyl (C=O) groups excluding carboxylic acids is 1. The molecule has 0 atom stereocenters. The molecule has 26 heavy (non-hydrogen) atoms. The second-order valence-electron chi connectivity index (χ2n) is 6.31. The first-order chi connectivity index (χ1) is 12.2. The molecule has 0 aliphatic carbocycles. The minimum absolute atomic E-state index is 0.159. The molecule has 0 unspecified atom stereocenters. The summed E-state index contributed by atoms with van der Waals surface area (Å²) in [6, 6.07) is 2.01. The van der Waals surface area contributed by atoms with E-state index >= 15 is 0 Å². The number of halogens is 2. The molecule has 0 fully saturated rings. The number of nitrogens with zero attached hydrogens (tertiary/aromatic N) is 3. The number of anilines is 2. The molecule has 3 rings (SSSR count). The van der Waals surface area contributed by atoms with Crippen molar-refractivity contribution >= 4 is 17.3 Å². The van der Waals surface area contributed by atoms with Gasteiger partial charge < -0.3 is 10.6 Å². The molecule has 0 saturated heterocycles. The summed E-state index contributed by atoms with van der Waals surface area (Å²) in [5.74, 6) is -2.30. The smallest absolute Gasteiger partial charge is 0.332 e. The van der Waals surface area contributed by atoms with Crippen LogP contribution in [0.3, 0.4) is 0 Å². The van der Waals surface area contributed by atoms with Crippen molar-refractivity contribution in [2.75, 3.05) is 23.7 Å². The molecule has 0 spiro atoms. The third kappa shape index (κ3) is 2.79. The number of aryl methyl sites for hydroxylation is 1. The highest BCUT2D eigenvalue weighted by Gasteiger charge is 2.27. The molecule has 2 aromatic rings. The van der Waals surface area contributed by atoms with E-state index in [1.54, 1.807) is 0 Å². The Hall–Kier alpha value is -2.97. The summed E-state index contributed by atoms with van der Waals surface area (Å²) in [6.07, 6.45) is 1.11. The predicted octanol–water partition coefficient (Wildman–Crippen LogP) is 0.580. The van der Waals surface area contributed by atoms with Gasteiger partial charge in [-0.15, -0.1) is 0 Å². The van der Waals surface area contributed by atoms with Gasteiger partial charge in [-0.2, -0.15) is 0 Å². The minimum atomic E-state index is -0.799. The zero-order chi connectivity index (χ0) is 19.2. The molecule has 0 saturated carbocycles. The van der Waals surface area contributed by atoms with Gasteiger partial charge in [0.2, 0.25) is 0 Å². The number of rotatable bonds is 3. The number of nitrogen functional groups attached to an aromatic ring is 1. The van der Waals surface area contributed by atoms with Crippen molar-refractivity contribution in [2.45, 2.75) is 12.8 Å². The van der Waals surface area contributed by atoms with Crippen LogP contribution in [0.25, 0.3) is 0 Å². The Labute approximate surface area is 147 Å². The fraction of sp³-hybridized carbons (Fsp3) is 0.353. The first kappa shape index (κ1) is 17.8. The molecule has 138 valence electrons. The normalized spacial score (nSPS) is 13.6. The first-order valence-electron chi connectivity index (χ1n) is 8.04. The zero-order valence-corrected chi connectivity index (χ0v) is 14.4. The third-order valence-corrected chi connectivity index (χ3v) is 4.62. The quantitative estimate of drug-likeness (QED) is 0.805. The number of fused-ring (bicyclic) bond motifs is 1. The van der Waals surface area contributed by atoms with Gasteiger partial charge in [0.15, 0.2) is 5.78 Å². The van der Waals surface area contributed by atoms with Gasteiger partial charge in [-0.1, -0.05) is 0 Å². The highest BCUT2D eigenvalue weighted by atomic mass is 19.1. The van der Waals surface area contributed by atoms with E-state index < -0.39 is 28.7 Å². The number of nitrogens with two attached hydrogens (primary N) is 1. The summed E-state index contributed by atoms with van der Waals surface area (Å²) >= 11 is 0. The van der Waals surface area contributed by atoms with Crippen molar-refractivity contribution < 1.29 is 13.6 Å². The lowest BCUT2D eigenvalue weighted by Crippen LogP contribution is -2.44. The van der Waals surface area contributed by atoms with Crippen LogP contribution in [0.4, 0.5) is 20.3 Å². The van der Waals surface area contributed by atoms with Gasteiger partial charge in [0.25, 0.3) is 5.56 Å². The monoisotopic (exact) mass is 364 g/mol. The second kappa shape index (κ2) is 6.40. The van der Waals surface area contributed by atoms with Crippen LogP contribution >= 0.6 is 0 Å². The average molecular weight is 364 g/mol. The van der Waals surface area contributed by atoms with Crippen LogP contribution in [0.5, 0.6) is 0 Å². The topological polar surface area (TPSA) is 90.3 Å². The summed E-state index contributed by atoms with van der Waals surface area (Å²) in [5.41, 5.74) is 4.66. The molecule has 0 radical (unpaired) electrons. The predicted molar refractivity (Wildman–Crippen MR) is 92.6 cm³/mol. The van der Waals surface area contributed by atoms with E-state index in [9.17, 15) is 23.2 Å². The van der Waals surface area contributed by atoms with E-state index in [1.807, 2.05) is 0 Å². The summed E-state index contributed by atoms with van der Waals surface area (Å²) in [7, 11) is 2.60. The van der Waals surface area contributed by atoms with E-state index in [-0.39, 0.29) is 23.6 Å². The maximum atomic E-state index is 14.2. The molecule has 1 aromatic carbocycles. The number of carbonyl (C=O) groups is 1. The maximum absolute atomic E-state index is 14.2.